The number of hydrogen-bond acceptors (Lipinski definition) is 3. The molecule has 4 nitrogen and oxygen atoms in total. The number of aryl methyl sites for hydroxylation is 3. The van der Waals surface area contributed by atoms with Crippen molar-refractivity contribution >= 4 is 11.5 Å². The lowest BCUT2D eigenvalue weighted by atomic mass is 10.1. The van der Waals surface area contributed by atoms with Crippen molar-refractivity contribution in [3.8, 4) is 0 Å². The Morgan fingerprint density at radius 3 is 2.58 bits per heavy atom. The van der Waals surface area contributed by atoms with Gasteiger partial charge in [-0.1, -0.05) is 12.1 Å². The monoisotopic (exact) mass is 262 g/mol. The highest BCUT2D eigenvalue weighted by atomic mass is 19.1. The van der Waals surface area contributed by atoms with Gasteiger partial charge in [0.15, 0.2) is 0 Å². The van der Waals surface area contributed by atoms with E-state index in [9.17, 15) is 4.39 Å². The molecule has 0 saturated carbocycles. The van der Waals surface area contributed by atoms with Crippen LogP contribution in [0.5, 0.6) is 0 Å². The molecule has 1 heterocycles. The number of aromatic nitrogens is 2. The van der Waals surface area contributed by atoms with Gasteiger partial charge >= 0.3 is 0 Å². The molecule has 2 aromatic rings. The first kappa shape index (κ1) is 13.4. The van der Waals surface area contributed by atoms with E-state index < -0.39 is 0 Å². The van der Waals surface area contributed by atoms with Crippen molar-refractivity contribution in [1.82, 2.24) is 9.78 Å². The molecule has 0 amide bonds. The van der Waals surface area contributed by atoms with Gasteiger partial charge in [-0.15, -0.1) is 0 Å². The molecular formula is C14H19FN4. The Hall–Kier alpha value is -2.04. The molecule has 0 spiro atoms. The van der Waals surface area contributed by atoms with Crippen LogP contribution in [0, 0.1) is 19.7 Å². The second kappa shape index (κ2) is 4.91. The smallest absolute Gasteiger partial charge is 0.148 e. The second-order valence-corrected chi connectivity index (χ2v) is 4.85. The summed E-state index contributed by atoms with van der Waals surface area (Å²) in [6.07, 6.45) is 0. The first-order valence-corrected chi connectivity index (χ1v) is 6.21. The van der Waals surface area contributed by atoms with Crippen molar-refractivity contribution in [3.05, 3.63) is 40.8 Å². The van der Waals surface area contributed by atoms with Gasteiger partial charge in [-0.2, -0.15) is 5.10 Å². The maximum Gasteiger partial charge on any atom is 0.148 e. The lowest BCUT2D eigenvalue weighted by molar-refractivity contribution is 0.614. The molecule has 0 aliphatic heterocycles. The van der Waals surface area contributed by atoms with E-state index in [4.69, 9.17) is 5.73 Å². The van der Waals surface area contributed by atoms with Gasteiger partial charge in [0.2, 0.25) is 0 Å². The Balaban J connectivity index is 2.25. The summed E-state index contributed by atoms with van der Waals surface area (Å²) in [7, 11) is 1.83. The number of nitrogens with one attached hydrogen (secondary N) is 1. The summed E-state index contributed by atoms with van der Waals surface area (Å²) in [5.41, 5.74) is 8.90. The Labute approximate surface area is 112 Å². The first-order valence-electron chi connectivity index (χ1n) is 6.21. The van der Waals surface area contributed by atoms with Gasteiger partial charge in [0, 0.05) is 7.05 Å². The molecule has 2 rings (SSSR count). The zero-order chi connectivity index (χ0) is 14.2. The van der Waals surface area contributed by atoms with Gasteiger partial charge in [-0.25, -0.2) is 4.39 Å². The number of nitrogens with zero attached hydrogens (tertiary/aromatic N) is 2. The standard InChI is InChI=1S/C14H19FN4/c1-8-5-6-11(7-12(8)15)9(2)17-14-13(16)10(3)18-19(14)4/h5-7,9,17H,16H2,1-4H3. The van der Waals surface area contributed by atoms with Crippen LogP contribution in [0.25, 0.3) is 0 Å². The summed E-state index contributed by atoms with van der Waals surface area (Å²) in [4.78, 5) is 0. The van der Waals surface area contributed by atoms with Gasteiger partial charge in [-0.05, 0) is 38.0 Å². The van der Waals surface area contributed by atoms with Gasteiger partial charge in [-0.3, -0.25) is 4.68 Å². The van der Waals surface area contributed by atoms with Crippen LogP contribution in [0.15, 0.2) is 18.2 Å². The van der Waals surface area contributed by atoms with Crippen LogP contribution in [0.3, 0.4) is 0 Å². The zero-order valence-corrected chi connectivity index (χ0v) is 11.7. The maximum absolute atomic E-state index is 13.6. The van der Waals surface area contributed by atoms with Gasteiger partial charge < -0.3 is 11.1 Å². The SMILES string of the molecule is Cc1ccc(C(C)Nc2c(N)c(C)nn2C)cc1F. The predicted molar refractivity (Wildman–Crippen MR) is 75.5 cm³/mol. The summed E-state index contributed by atoms with van der Waals surface area (Å²) in [5, 5.41) is 7.52. The van der Waals surface area contributed by atoms with Crippen molar-refractivity contribution in [2.45, 2.75) is 26.8 Å². The highest BCUT2D eigenvalue weighted by molar-refractivity contribution is 5.65. The molecule has 1 atom stereocenters. The Bertz CT molecular complexity index is 604. The van der Waals surface area contributed by atoms with E-state index in [0.29, 0.717) is 11.3 Å². The number of benzene rings is 1. The van der Waals surface area contributed by atoms with E-state index in [1.54, 1.807) is 23.7 Å². The maximum atomic E-state index is 13.6. The Kier molecular flexibility index (Phi) is 3.46. The van der Waals surface area contributed by atoms with E-state index in [2.05, 4.69) is 10.4 Å². The third-order valence-corrected chi connectivity index (χ3v) is 3.32. The largest absolute Gasteiger partial charge is 0.394 e. The van der Waals surface area contributed by atoms with E-state index in [1.807, 2.05) is 27.0 Å². The fraction of sp³-hybridized carbons (Fsp3) is 0.357. The predicted octanol–water partition coefficient (Wildman–Crippen LogP) is 2.93. The van der Waals surface area contributed by atoms with Crippen LogP contribution >= 0.6 is 0 Å². The second-order valence-electron chi connectivity index (χ2n) is 4.85. The van der Waals surface area contributed by atoms with Crippen LogP contribution in [0.2, 0.25) is 0 Å². The Morgan fingerprint density at radius 1 is 1.37 bits per heavy atom. The fourth-order valence-corrected chi connectivity index (χ4v) is 2.01. The normalized spacial score (nSPS) is 12.5. The summed E-state index contributed by atoms with van der Waals surface area (Å²) < 4.78 is 15.3. The average molecular weight is 262 g/mol. The van der Waals surface area contributed by atoms with Gasteiger partial charge in [0.05, 0.1) is 17.4 Å². The van der Waals surface area contributed by atoms with Crippen LogP contribution in [0.4, 0.5) is 15.9 Å². The van der Waals surface area contributed by atoms with Crippen molar-refractivity contribution in [2.24, 2.45) is 7.05 Å². The molecular weight excluding hydrogens is 243 g/mol. The highest BCUT2D eigenvalue weighted by Crippen LogP contribution is 2.26. The number of nitrogens with two attached hydrogens (primary N) is 1. The van der Waals surface area contributed by atoms with Gasteiger partial charge in [0.25, 0.3) is 0 Å². The van der Waals surface area contributed by atoms with Crippen molar-refractivity contribution in [3.63, 3.8) is 0 Å². The number of rotatable bonds is 3. The molecule has 1 aromatic carbocycles. The van der Waals surface area contributed by atoms with E-state index in [-0.39, 0.29) is 11.9 Å². The third kappa shape index (κ3) is 2.54. The first-order chi connectivity index (χ1) is 8.90. The van der Waals surface area contributed by atoms with Crippen LogP contribution in [0.1, 0.15) is 29.8 Å². The van der Waals surface area contributed by atoms with E-state index >= 15 is 0 Å². The number of anilines is 2. The molecule has 0 bridgehead atoms. The molecule has 102 valence electrons. The molecule has 3 N–H and O–H groups in total. The number of halogens is 1. The van der Waals surface area contributed by atoms with Crippen LogP contribution < -0.4 is 11.1 Å². The molecule has 0 fully saturated rings. The summed E-state index contributed by atoms with van der Waals surface area (Å²) in [6.45, 7) is 5.57. The van der Waals surface area contributed by atoms with E-state index in [1.165, 1.54) is 0 Å². The molecule has 1 aromatic heterocycles. The number of nitrogen functional groups attached to an aromatic ring is 1. The highest BCUT2D eigenvalue weighted by Gasteiger charge is 2.14. The minimum atomic E-state index is -0.194. The zero-order valence-electron chi connectivity index (χ0n) is 11.7. The van der Waals surface area contributed by atoms with Gasteiger partial charge in [0.1, 0.15) is 11.6 Å². The van der Waals surface area contributed by atoms with E-state index in [0.717, 1.165) is 17.1 Å². The lowest BCUT2D eigenvalue weighted by Gasteiger charge is -2.16. The third-order valence-electron chi connectivity index (χ3n) is 3.32. The van der Waals surface area contributed by atoms with Crippen molar-refractivity contribution in [1.29, 1.82) is 0 Å². The topological polar surface area (TPSA) is 55.9 Å². The summed E-state index contributed by atoms with van der Waals surface area (Å²) >= 11 is 0. The minimum Gasteiger partial charge on any atom is -0.394 e. The van der Waals surface area contributed by atoms with Crippen LogP contribution in [-0.4, -0.2) is 9.78 Å². The quantitative estimate of drug-likeness (QED) is 0.894. The summed E-state index contributed by atoms with van der Waals surface area (Å²) in [6, 6.07) is 5.19. The molecule has 1 unspecified atom stereocenters. The van der Waals surface area contributed by atoms with Crippen LogP contribution in [-0.2, 0) is 7.05 Å². The molecule has 0 aliphatic rings. The van der Waals surface area contributed by atoms with Crippen molar-refractivity contribution in [2.75, 3.05) is 11.1 Å². The minimum absolute atomic E-state index is 0.0489. The molecule has 0 saturated heterocycles. The molecule has 19 heavy (non-hydrogen) atoms. The number of hydrogen-bond donors (Lipinski definition) is 2. The average Bonchev–Trinajstić information content (AvgIpc) is 2.59. The molecule has 0 radical (unpaired) electrons. The fourth-order valence-electron chi connectivity index (χ4n) is 2.01. The lowest BCUT2D eigenvalue weighted by Crippen LogP contribution is -2.11. The molecule has 5 heteroatoms. The summed E-state index contributed by atoms with van der Waals surface area (Å²) in [5.74, 6) is 0.561. The van der Waals surface area contributed by atoms with Crippen molar-refractivity contribution < 1.29 is 4.39 Å². The Morgan fingerprint density at radius 2 is 2.05 bits per heavy atom. The molecule has 0 aliphatic carbocycles.